The van der Waals surface area contributed by atoms with Crippen molar-refractivity contribution in [3.8, 4) is 0 Å². The Bertz CT molecular complexity index is 609. The number of ether oxygens (including phenoxy) is 1. The number of hydrogen-bond acceptors (Lipinski definition) is 3. The standard InChI is InChI=1S/C20H30N2O3/c1-19(2,24)13-22(12-14-8-6-5-7-9-14)18(23)21-16-15-10-11-25-17(15)20(16,3)4/h5-9,15-17,24H,10-13H2,1-4H3,(H,21,23). The molecule has 3 atom stereocenters. The van der Waals surface area contributed by atoms with Crippen molar-refractivity contribution in [2.24, 2.45) is 11.3 Å². The fraction of sp³-hybridized carbons (Fsp3) is 0.650. The summed E-state index contributed by atoms with van der Waals surface area (Å²) < 4.78 is 5.81. The molecule has 1 aliphatic carbocycles. The Morgan fingerprint density at radius 1 is 1.36 bits per heavy atom. The zero-order valence-corrected chi connectivity index (χ0v) is 15.7. The van der Waals surface area contributed by atoms with E-state index in [0.29, 0.717) is 12.5 Å². The van der Waals surface area contributed by atoms with Gasteiger partial charge < -0.3 is 20.1 Å². The fourth-order valence-corrected chi connectivity index (χ4v) is 4.31. The van der Waals surface area contributed by atoms with Gasteiger partial charge in [-0.1, -0.05) is 44.2 Å². The van der Waals surface area contributed by atoms with E-state index in [1.807, 2.05) is 30.3 Å². The summed E-state index contributed by atoms with van der Waals surface area (Å²) >= 11 is 0. The van der Waals surface area contributed by atoms with E-state index in [9.17, 15) is 9.90 Å². The van der Waals surface area contributed by atoms with E-state index in [1.54, 1.807) is 18.7 Å². The highest BCUT2D eigenvalue weighted by atomic mass is 16.5. The minimum Gasteiger partial charge on any atom is -0.389 e. The smallest absolute Gasteiger partial charge is 0.318 e. The van der Waals surface area contributed by atoms with Crippen molar-refractivity contribution in [2.75, 3.05) is 13.2 Å². The van der Waals surface area contributed by atoms with Crippen LogP contribution in [0.3, 0.4) is 0 Å². The molecule has 1 aliphatic heterocycles. The minimum atomic E-state index is -0.944. The first-order valence-electron chi connectivity index (χ1n) is 9.12. The highest BCUT2D eigenvalue weighted by Gasteiger charge is 2.60. The number of amides is 2. The van der Waals surface area contributed by atoms with Gasteiger partial charge in [0.15, 0.2) is 0 Å². The summed E-state index contributed by atoms with van der Waals surface area (Å²) in [6, 6.07) is 9.89. The summed E-state index contributed by atoms with van der Waals surface area (Å²) in [6.07, 6.45) is 1.25. The van der Waals surface area contributed by atoms with Gasteiger partial charge in [-0.15, -0.1) is 0 Å². The van der Waals surface area contributed by atoms with Gasteiger partial charge in [0.05, 0.1) is 18.2 Å². The Balaban J connectivity index is 1.70. The van der Waals surface area contributed by atoms with E-state index in [0.717, 1.165) is 18.6 Å². The second-order valence-electron chi connectivity index (χ2n) is 8.65. The number of hydrogen-bond donors (Lipinski definition) is 2. The fourth-order valence-electron chi connectivity index (χ4n) is 4.31. The first-order valence-corrected chi connectivity index (χ1v) is 9.12. The van der Waals surface area contributed by atoms with Gasteiger partial charge in [-0.25, -0.2) is 4.79 Å². The molecule has 1 heterocycles. The van der Waals surface area contributed by atoms with Crippen molar-refractivity contribution in [2.45, 2.75) is 58.4 Å². The molecule has 5 heteroatoms. The number of nitrogens with one attached hydrogen (secondary N) is 1. The van der Waals surface area contributed by atoms with Crippen LogP contribution in [-0.2, 0) is 11.3 Å². The van der Waals surface area contributed by atoms with E-state index in [-0.39, 0.29) is 30.1 Å². The summed E-state index contributed by atoms with van der Waals surface area (Å²) in [6.45, 7) is 9.31. The van der Waals surface area contributed by atoms with E-state index in [4.69, 9.17) is 4.74 Å². The van der Waals surface area contributed by atoms with Gasteiger partial charge in [0, 0.05) is 30.5 Å². The maximum absolute atomic E-state index is 13.0. The lowest BCUT2D eigenvalue weighted by Crippen LogP contribution is -2.68. The monoisotopic (exact) mass is 346 g/mol. The molecule has 3 rings (SSSR count). The van der Waals surface area contributed by atoms with Crippen LogP contribution in [0.2, 0.25) is 0 Å². The first kappa shape index (κ1) is 18.2. The lowest BCUT2D eigenvalue weighted by molar-refractivity contribution is -0.109. The topological polar surface area (TPSA) is 61.8 Å². The number of benzene rings is 1. The molecule has 0 spiro atoms. The summed E-state index contributed by atoms with van der Waals surface area (Å²) in [5.41, 5.74) is 0.0568. The molecule has 2 N–H and O–H groups in total. The Morgan fingerprint density at radius 2 is 2.04 bits per heavy atom. The highest BCUT2D eigenvalue weighted by Crippen LogP contribution is 2.52. The van der Waals surface area contributed by atoms with Crippen molar-refractivity contribution in [1.82, 2.24) is 10.2 Å². The van der Waals surface area contributed by atoms with E-state index < -0.39 is 5.60 Å². The molecule has 2 aliphatic rings. The van der Waals surface area contributed by atoms with Crippen LogP contribution in [0, 0.1) is 11.3 Å². The number of rotatable bonds is 5. The number of carbonyl (C=O) groups excluding carboxylic acids is 1. The van der Waals surface area contributed by atoms with Gasteiger partial charge in [0.2, 0.25) is 0 Å². The predicted molar refractivity (Wildman–Crippen MR) is 97.1 cm³/mol. The summed E-state index contributed by atoms with van der Waals surface area (Å²) in [7, 11) is 0. The average Bonchev–Trinajstić information content (AvgIpc) is 2.98. The zero-order chi connectivity index (χ0) is 18.2. The lowest BCUT2D eigenvalue weighted by atomic mass is 9.57. The number of aliphatic hydroxyl groups is 1. The molecule has 0 bridgehead atoms. The highest BCUT2D eigenvalue weighted by molar-refractivity contribution is 5.75. The maximum Gasteiger partial charge on any atom is 0.318 e. The van der Waals surface area contributed by atoms with Crippen LogP contribution in [0.25, 0.3) is 0 Å². The third-order valence-corrected chi connectivity index (χ3v) is 5.46. The van der Waals surface area contributed by atoms with Gasteiger partial charge in [0.25, 0.3) is 0 Å². The van der Waals surface area contributed by atoms with Gasteiger partial charge in [0.1, 0.15) is 0 Å². The van der Waals surface area contributed by atoms with Crippen molar-refractivity contribution in [3.63, 3.8) is 0 Å². The molecule has 5 nitrogen and oxygen atoms in total. The van der Waals surface area contributed by atoms with Crippen LogP contribution in [0.1, 0.15) is 39.7 Å². The van der Waals surface area contributed by atoms with Gasteiger partial charge in [-0.3, -0.25) is 0 Å². The van der Waals surface area contributed by atoms with E-state index in [2.05, 4.69) is 19.2 Å². The Hall–Kier alpha value is -1.59. The Labute approximate surface area is 150 Å². The largest absolute Gasteiger partial charge is 0.389 e. The number of urea groups is 1. The molecule has 1 saturated heterocycles. The second-order valence-corrected chi connectivity index (χ2v) is 8.65. The SMILES string of the molecule is CC(C)(O)CN(Cc1ccccc1)C(=O)NC1C2CCOC2C1(C)C. The first-order chi connectivity index (χ1) is 11.7. The summed E-state index contributed by atoms with van der Waals surface area (Å²) in [4.78, 5) is 14.7. The molecule has 1 aromatic carbocycles. The lowest BCUT2D eigenvalue weighted by Gasteiger charge is -2.54. The third-order valence-electron chi connectivity index (χ3n) is 5.46. The van der Waals surface area contributed by atoms with Crippen LogP contribution in [0.5, 0.6) is 0 Å². The molecule has 0 aromatic heterocycles. The van der Waals surface area contributed by atoms with Crippen LogP contribution in [0.15, 0.2) is 30.3 Å². The molecule has 1 aromatic rings. The number of nitrogens with zero attached hydrogens (tertiary/aromatic N) is 1. The molecule has 3 unspecified atom stereocenters. The Morgan fingerprint density at radius 3 is 2.68 bits per heavy atom. The average molecular weight is 346 g/mol. The molecule has 138 valence electrons. The van der Waals surface area contributed by atoms with Gasteiger partial charge >= 0.3 is 6.03 Å². The third kappa shape index (κ3) is 3.82. The summed E-state index contributed by atoms with van der Waals surface area (Å²) in [5, 5.41) is 13.4. The Kier molecular flexibility index (Phi) is 4.82. The summed E-state index contributed by atoms with van der Waals surface area (Å²) in [5.74, 6) is 0.402. The molecule has 1 saturated carbocycles. The number of fused-ring (bicyclic) bond motifs is 1. The molecular formula is C20H30N2O3. The molecule has 2 amide bonds. The van der Waals surface area contributed by atoms with E-state index >= 15 is 0 Å². The quantitative estimate of drug-likeness (QED) is 0.862. The normalized spacial score (nSPS) is 27.3. The van der Waals surface area contributed by atoms with E-state index in [1.165, 1.54) is 0 Å². The molecule has 0 radical (unpaired) electrons. The van der Waals surface area contributed by atoms with Gasteiger partial charge in [-0.05, 0) is 25.8 Å². The minimum absolute atomic E-state index is 0.0516. The van der Waals surface area contributed by atoms with Gasteiger partial charge in [-0.2, -0.15) is 0 Å². The number of carbonyl (C=O) groups is 1. The van der Waals surface area contributed by atoms with Crippen LogP contribution in [-0.4, -0.2) is 46.9 Å². The van der Waals surface area contributed by atoms with Crippen LogP contribution >= 0.6 is 0 Å². The maximum atomic E-state index is 13.0. The van der Waals surface area contributed by atoms with Crippen molar-refractivity contribution >= 4 is 6.03 Å². The molecule has 2 fully saturated rings. The molecule has 25 heavy (non-hydrogen) atoms. The van der Waals surface area contributed by atoms with Crippen molar-refractivity contribution in [1.29, 1.82) is 0 Å². The van der Waals surface area contributed by atoms with Crippen LogP contribution in [0.4, 0.5) is 4.79 Å². The van der Waals surface area contributed by atoms with Crippen molar-refractivity contribution < 1.29 is 14.6 Å². The molecular weight excluding hydrogens is 316 g/mol. The zero-order valence-electron chi connectivity index (χ0n) is 15.7. The second kappa shape index (κ2) is 6.61. The van der Waals surface area contributed by atoms with Crippen molar-refractivity contribution in [3.05, 3.63) is 35.9 Å². The van der Waals surface area contributed by atoms with Crippen LogP contribution < -0.4 is 5.32 Å². The predicted octanol–water partition coefficient (Wildman–Crippen LogP) is 2.78.